The Balaban J connectivity index is 1.48. The minimum atomic E-state index is 0.269. The van der Waals surface area contributed by atoms with Crippen LogP contribution in [0.25, 0.3) is 17.2 Å². The zero-order valence-electron chi connectivity index (χ0n) is 15.5. The van der Waals surface area contributed by atoms with Gasteiger partial charge in [-0.1, -0.05) is 6.07 Å². The van der Waals surface area contributed by atoms with E-state index in [4.69, 9.17) is 19.6 Å². The van der Waals surface area contributed by atoms with E-state index < -0.39 is 0 Å². The molecule has 9 heteroatoms. The van der Waals surface area contributed by atoms with E-state index >= 15 is 0 Å². The van der Waals surface area contributed by atoms with E-state index in [0.717, 1.165) is 11.3 Å². The normalized spacial score (nSPS) is 11.1. The fourth-order valence-corrected chi connectivity index (χ4v) is 2.89. The fraction of sp³-hybridized carbons (Fsp3) is 0.211. The van der Waals surface area contributed by atoms with Crippen LogP contribution in [0.15, 0.2) is 47.1 Å². The second-order valence-corrected chi connectivity index (χ2v) is 6.08. The molecule has 4 aromatic rings. The molecule has 0 bridgehead atoms. The smallest absolute Gasteiger partial charge is 0.223 e. The number of aromatic nitrogens is 4. The van der Waals surface area contributed by atoms with Crippen LogP contribution in [0.4, 0.5) is 5.95 Å². The van der Waals surface area contributed by atoms with E-state index in [0.29, 0.717) is 41.8 Å². The van der Waals surface area contributed by atoms with Crippen molar-refractivity contribution < 1.29 is 13.9 Å². The van der Waals surface area contributed by atoms with Crippen molar-refractivity contribution in [3.8, 4) is 23.1 Å². The first-order chi connectivity index (χ1) is 13.7. The summed E-state index contributed by atoms with van der Waals surface area (Å²) in [4.78, 5) is 8.85. The summed E-state index contributed by atoms with van der Waals surface area (Å²) < 4.78 is 17.4. The van der Waals surface area contributed by atoms with Crippen LogP contribution in [0, 0.1) is 0 Å². The van der Waals surface area contributed by atoms with Crippen LogP contribution in [0.5, 0.6) is 11.5 Å². The van der Waals surface area contributed by atoms with E-state index in [2.05, 4.69) is 20.4 Å². The molecule has 3 N–H and O–H groups in total. The van der Waals surface area contributed by atoms with E-state index in [9.17, 15) is 0 Å². The average Bonchev–Trinajstić information content (AvgIpc) is 3.37. The van der Waals surface area contributed by atoms with Gasteiger partial charge in [-0.15, -0.1) is 5.10 Å². The van der Waals surface area contributed by atoms with E-state index in [1.165, 1.54) is 4.52 Å². The molecule has 3 heterocycles. The van der Waals surface area contributed by atoms with E-state index in [1.807, 2.05) is 24.3 Å². The highest BCUT2D eigenvalue weighted by Gasteiger charge is 2.12. The third-order valence-electron chi connectivity index (χ3n) is 4.23. The largest absolute Gasteiger partial charge is 0.493 e. The van der Waals surface area contributed by atoms with Gasteiger partial charge in [0.25, 0.3) is 0 Å². The Hall–Kier alpha value is -3.59. The highest BCUT2D eigenvalue weighted by molar-refractivity contribution is 5.54. The number of hydrogen-bond donors (Lipinski definition) is 2. The van der Waals surface area contributed by atoms with Crippen molar-refractivity contribution in [2.24, 2.45) is 0 Å². The average molecular weight is 380 g/mol. The SMILES string of the molecule is COc1ccc(CNCc2cc3nc(-c4ccco4)nn3c(N)n2)cc1OC. The molecule has 0 aliphatic heterocycles. The Labute approximate surface area is 161 Å². The van der Waals surface area contributed by atoms with Gasteiger partial charge in [0.05, 0.1) is 26.2 Å². The quantitative estimate of drug-likeness (QED) is 0.502. The van der Waals surface area contributed by atoms with Gasteiger partial charge in [0.1, 0.15) is 0 Å². The molecular weight excluding hydrogens is 360 g/mol. The Morgan fingerprint density at radius 3 is 2.68 bits per heavy atom. The second-order valence-electron chi connectivity index (χ2n) is 6.08. The van der Waals surface area contributed by atoms with Gasteiger partial charge in [0, 0.05) is 19.2 Å². The summed E-state index contributed by atoms with van der Waals surface area (Å²) >= 11 is 0. The van der Waals surface area contributed by atoms with E-state index in [1.54, 1.807) is 32.6 Å². The maximum atomic E-state index is 6.04. The fourth-order valence-electron chi connectivity index (χ4n) is 2.89. The molecule has 0 radical (unpaired) electrons. The van der Waals surface area contributed by atoms with E-state index in [-0.39, 0.29) is 5.95 Å². The zero-order chi connectivity index (χ0) is 19.5. The summed E-state index contributed by atoms with van der Waals surface area (Å²) in [6.07, 6.45) is 1.58. The van der Waals surface area contributed by atoms with Gasteiger partial charge < -0.3 is 24.9 Å². The van der Waals surface area contributed by atoms with Gasteiger partial charge in [-0.3, -0.25) is 0 Å². The van der Waals surface area contributed by atoms with Crippen LogP contribution < -0.4 is 20.5 Å². The first-order valence-electron chi connectivity index (χ1n) is 8.65. The summed E-state index contributed by atoms with van der Waals surface area (Å²) in [7, 11) is 3.23. The van der Waals surface area contributed by atoms with Crippen molar-refractivity contribution in [2.45, 2.75) is 13.1 Å². The van der Waals surface area contributed by atoms with Crippen LogP contribution in [0.3, 0.4) is 0 Å². The number of anilines is 1. The molecule has 3 aromatic heterocycles. The Bertz CT molecular complexity index is 1090. The van der Waals surface area contributed by atoms with Crippen molar-refractivity contribution >= 4 is 11.6 Å². The van der Waals surface area contributed by atoms with Gasteiger partial charge >= 0.3 is 0 Å². The summed E-state index contributed by atoms with van der Waals surface area (Å²) in [5.74, 6) is 2.71. The predicted molar refractivity (Wildman–Crippen MR) is 103 cm³/mol. The summed E-state index contributed by atoms with van der Waals surface area (Å²) in [6.45, 7) is 1.16. The number of nitrogens with two attached hydrogens (primary N) is 1. The minimum Gasteiger partial charge on any atom is -0.493 e. The van der Waals surface area contributed by atoms with Crippen molar-refractivity contribution in [2.75, 3.05) is 20.0 Å². The minimum absolute atomic E-state index is 0.269. The number of methoxy groups -OCH3 is 2. The zero-order valence-corrected chi connectivity index (χ0v) is 15.5. The van der Waals surface area contributed by atoms with Gasteiger partial charge in [0.2, 0.25) is 11.8 Å². The molecule has 9 nitrogen and oxygen atoms in total. The van der Waals surface area contributed by atoms with Crippen LogP contribution in [0.1, 0.15) is 11.3 Å². The molecule has 4 rings (SSSR count). The molecule has 28 heavy (non-hydrogen) atoms. The monoisotopic (exact) mass is 380 g/mol. The van der Waals surface area contributed by atoms with Crippen molar-refractivity contribution in [3.05, 3.63) is 53.9 Å². The molecule has 0 aliphatic rings. The molecule has 0 atom stereocenters. The number of nitrogens with one attached hydrogen (secondary N) is 1. The third kappa shape index (κ3) is 3.47. The molecule has 0 unspecified atom stereocenters. The Kier molecular flexibility index (Phi) is 4.81. The topological polar surface area (TPSA) is 113 Å². The van der Waals surface area contributed by atoms with Gasteiger partial charge in [-0.05, 0) is 29.8 Å². The number of nitrogen functional groups attached to an aromatic ring is 1. The first-order valence-corrected chi connectivity index (χ1v) is 8.65. The number of hydrogen-bond acceptors (Lipinski definition) is 8. The lowest BCUT2D eigenvalue weighted by Gasteiger charge is -2.10. The number of rotatable bonds is 7. The Morgan fingerprint density at radius 2 is 1.93 bits per heavy atom. The van der Waals surface area contributed by atoms with Crippen LogP contribution in [0.2, 0.25) is 0 Å². The molecule has 0 fully saturated rings. The molecular formula is C19H20N6O3. The Morgan fingerprint density at radius 1 is 1.07 bits per heavy atom. The first kappa shape index (κ1) is 17.8. The maximum Gasteiger partial charge on any atom is 0.223 e. The maximum absolute atomic E-state index is 6.04. The van der Waals surface area contributed by atoms with Crippen molar-refractivity contribution in [1.29, 1.82) is 0 Å². The molecule has 0 saturated carbocycles. The molecule has 1 aromatic carbocycles. The van der Waals surface area contributed by atoms with Crippen molar-refractivity contribution in [1.82, 2.24) is 24.9 Å². The van der Waals surface area contributed by atoms with Crippen LogP contribution in [-0.4, -0.2) is 33.8 Å². The lowest BCUT2D eigenvalue weighted by atomic mass is 10.2. The summed E-state index contributed by atoms with van der Waals surface area (Å²) in [5, 5.41) is 7.68. The molecule has 144 valence electrons. The number of nitrogens with zero attached hydrogens (tertiary/aromatic N) is 4. The van der Waals surface area contributed by atoms with Gasteiger partial charge in [-0.2, -0.15) is 4.52 Å². The predicted octanol–water partition coefficient (Wildman–Crippen LogP) is 2.27. The highest BCUT2D eigenvalue weighted by Crippen LogP contribution is 2.27. The highest BCUT2D eigenvalue weighted by atomic mass is 16.5. The lowest BCUT2D eigenvalue weighted by molar-refractivity contribution is 0.354. The second kappa shape index (κ2) is 7.57. The standard InChI is InChI=1S/C19H20N6O3/c1-26-14-6-5-12(8-16(14)27-2)10-21-11-13-9-17-23-18(15-4-3-7-28-15)24-25(17)19(20)22-13/h3-9,21H,10-11H2,1-2H3,(H2,20,22). The lowest BCUT2D eigenvalue weighted by Crippen LogP contribution is -2.15. The number of benzene rings is 1. The third-order valence-corrected chi connectivity index (χ3v) is 4.23. The molecule has 0 saturated heterocycles. The summed E-state index contributed by atoms with van der Waals surface area (Å²) in [6, 6.07) is 11.2. The van der Waals surface area contributed by atoms with Crippen molar-refractivity contribution in [3.63, 3.8) is 0 Å². The van der Waals surface area contributed by atoms with Crippen LogP contribution >= 0.6 is 0 Å². The molecule has 0 spiro atoms. The molecule has 0 amide bonds. The van der Waals surface area contributed by atoms with Gasteiger partial charge in [0.15, 0.2) is 22.9 Å². The molecule has 0 aliphatic carbocycles. The number of furan rings is 1. The number of ether oxygens (including phenoxy) is 2. The summed E-state index contributed by atoms with van der Waals surface area (Å²) in [5.41, 5.74) is 8.48. The number of fused-ring (bicyclic) bond motifs is 1. The van der Waals surface area contributed by atoms with Gasteiger partial charge in [-0.25, -0.2) is 9.97 Å². The van der Waals surface area contributed by atoms with Crippen LogP contribution in [-0.2, 0) is 13.1 Å².